The van der Waals surface area contributed by atoms with Crippen molar-refractivity contribution in [3.8, 4) is 0 Å². The van der Waals surface area contributed by atoms with E-state index in [9.17, 15) is 4.79 Å². The second-order valence-electron chi connectivity index (χ2n) is 6.86. The Morgan fingerprint density at radius 2 is 2.21 bits per heavy atom. The van der Waals surface area contributed by atoms with Gasteiger partial charge in [-0.15, -0.1) is 0 Å². The van der Waals surface area contributed by atoms with E-state index < -0.39 is 0 Å². The van der Waals surface area contributed by atoms with Gasteiger partial charge < -0.3 is 14.6 Å². The van der Waals surface area contributed by atoms with E-state index >= 15 is 0 Å². The monoisotopic (exact) mass is 390 g/mol. The summed E-state index contributed by atoms with van der Waals surface area (Å²) in [4.78, 5) is 32.2. The summed E-state index contributed by atoms with van der Waals surface area (Å²) in [6.45, 7) is 2.59. The Morgan fingerprint density at radius 1 is 1.28 bits per heavy atom. The van der Waals surface area contributed by atoms with Gasteiger partial charge in [0, 0.05) is 36.8 Å². The lowest BCUT2D eigenvalue weighted by molar-refractivity contribution is -0.129. The number of likely N-dealkylation sites (tertiary alicyclic amines) is 1. The van der Waals surface area contributed by atoms with Gasteiger partial charge in [-0.1, -0.05) is 0 Å². The second kappa shape index (κ2) is 8.64. The fourth-order valence-corrected chi connectivity index (χ4v) is 3.40. The van der Waals surface area contributed by atoms with Crippen molar-refractivity contribution in [2.45, 2.75) is 32.2 Å². The van der Waals surface area contributed by atoms with E-state index in [2.05, 4.69) is 25.3 Å². The Hall–Kier alpha value is -3.55. The summed E-state index contributed by atoms with van der Waals surface area (Å²) >= 11 is 0. The lowest BCUT2D eigenvalue weighted by Crippen LogP contribution is -2.38. The van der Waals surface area contributed by atoms with Crippen LogP contribution in [0.3, 0.4) is 0 Å². The van der Waals surface area contributed by atoms with E-state index in [-0.39, 0.29) is 11.9 Å². The number of anilines is 2. The Kier molecular flexibility index (Phi) is 5.60. The number of nitrogens with one attached hydrogen (secondary N) is 1. The molecule has 0 saturated carbocycles. The minimum Gasteiger partial charge on any atom is -0.465 e. The molecule has 1 aliphatic heterocycles. The Balaban J connectivity index is 1.57. The molecule has 148 valence electrons. The van der Waals surface area contributed by atoms with Gasteiger partial charge in [0.2, 0.25) is 5.91 Å². The zero-order valence-corrected chi connectivity index (χ0v) is 16.2. The van der Waals surface area contributed by atoms with Crippen molar-refractivity contribution < 1.29 is 9.21 Å². The third-order valence-corrected chi connectivity index (χ3v) is 4.71. The average Bonchev–Trinajstić information content (AvgIpc) is 3.26. The van der Waals surface area contributed by atoms with E-state index in [4.69, 9.17) is 4.42 Å². The molecule has 0 radical (unpaired) electrons. The summed E-state index contributed by atoms with van der Waals surface area (Å²) in [5.41, 5.74) is 0.825. The molecule has 0 aromatic carbocycles. The number of piperidine rings is 1. The lowest BCUT2D eigenvalue weighted by atomic mass is 10.0. The molecule has 3 aromatic rings. The van der Waals surface area contributed by atoms with Gasteiger partial charge in [-0.2, -0.15) is 0 Å². The smallest absolute Gasteiger partial charge is 0.247 e. The van der Waals surface area contributed by atoms with E-state index in [0.717, 1.165) is 25.0 Å². The first-order chi connectivity index (χ1) is 14.2. The van der Waals surface area contributed by atoms with Crippen LogP contribution in [0.4, 0.5) is 11.6 Å². The summed E-state index contributed by atoms with van der Waals surface area (Å²) in [5, 5.41) is 3.16. The van der Waals surface area contributed by atoms with Crippen molar-refractivity contribution in [3.05, 3.63) is 66.4 Å². The normalized spacial score (nSPS) is 16.9. The first-order valence-corrected chi connectivity index (χ1v) is 9.60. The van der Waals surface area contributed by atoms with Crippen molar-refractivity contribution in [2.75, 3.05) is 11.9 Å². The number of amides is 1. The van der Waals surface area contributed by atoms with E-state index in [1.807, 2.05) is 24.0 Å². The van der Waals surface area contributed by atoms with Gasteiger partial charge in [0.15, 0.2) is 5.82 Å². The number of carbonyl (C=O) groups excluding carboxylic acids is 1. The Morgan fingerprint density at radius 3 is 3.00 bits per heavy atom. The SMILES string of the molecule is Cc1cc(Nc2cnccn2)nc([C@@H]2CCCCN2C(=O)/C=C/c2ccco2)n1. The van der Waals surface area contributed by atoms with Crippen molar-refractivity contribution in [1.82, 2.24) is 24.8 Å². The quantitative estimate of drug-likeness (QED) is 0.664. The largest absolute Gasteiger partial charge is 0.465 e. The zero-order valence-electron chi connectivity index (χ0n) is 16.2. The predicted molar refractivity (Wildman–Crippen MR) is 108 cm³/mol. The second-order valence-corrected chi connectivity index (χ2v) is 6.86. The number of aromatic nitrogens is 4. The minimum absolute atomic E-state index is 0.0698. The van der Waals surface area contributed by atoms with Crippen LogP contribution in [0.2, 0.25) is 0 Å². The molecule has 1 saturated heterocycles. The summed E-state index contributed by atoms with van der Waals surface area (Å²) in [6.07, 6.45) is 12.5. The molecule has 0 bridgehead atoms. The first-order valence-electron chi connectivity index (χ1n) is 9.60. The van der Waals surface area contributed by atoms with Gasteiger partial charge in [-0.05, 0) is 44.4 Å². The van der Waals surface area contributed by atoms with Crippen LogP contribution >= 0.6 is 0 Å². The summed E-state index contributed by atoms with van der Waals surface area (Å²) in [5.74, 6) is 2.45. The first kappa shape index (κ1) is 18.8. The van der Waals surface area contributed by atoms with Crippen LogP contribution in [-0.4, -0.2) is 37.3 Å². The van der Waals surface area contributed by atoms with Crippen molar-refractivity contribution in [1.29, 1.82) is 0 Å². The van der Waals surface area contributed by atoms with Crippen molar-refractivity contribution in [3.63, 3.8) is 0 Å². The highest BCUT2D eigenvalue weighted by molar-refractivity contribution is 5.91. The molecule has 0 aliphatic carbocycles. The number of rotatable bonds is 5. The molecule has 1 N–H and O–H groups in total. The highest BCUT2D eigenvalue weighted by atomic mass is 16.3. The van der Waals surface area contributed by atoms with E-state index in [1.165, 1.54) is 0 Å². The standard InChI is InChI=1S/C21H22N6O2/c1-15-13-18(25-19-14-22-9-10-23-19)26-21(24-15)17-6-2-3-11-27(17)20(28)8-7-16-5-4-12-29-16/h4-5,7-10,12-14,17H,2-3,6,11H2,1H3,(H,23,24,25,26)/b8-7+/t17-/m0/s1. The maximum Gasteiger partial charge on any atom is 0.247 e. The molecule has 1 atom stereocenters. The highest BCUT2D eigenvalue weighted by Crippen LogP contribution is 2.30. The van der Waals surface area contributed by atoms with Crippen LogP contribution < -0.4 is 5.32 Å². The van der Waals surface area contributed by atoms with Gasteiger partial charge in [0.25, 0.3) is 0 Å². The molecule has 3 aromatic heterocycles. The Bertz CT molecular complexity index is 988. The molecule has 29 heavy (non-hydrogen) atoms. The summed E-state index contributed by atoms with van der Waals surface area (Å²) in [6, 6.07) is 5.29. The molecule has 1 amide bonds. The zero-order chi connectivity index (χ0) is 20.1. The average molecular weight is 390 g/mol. The molecular formula is C21H22N6O2. The maximum absolute atomic E-state index is 12.8. The molecule has 8 nitrogen and oxygen atoms in total. The lowest BCUT2D eigenvalue weighted by Gasteiger charge is -2.34. The number of furan rings is 1. The fraction of sp³-hybridized carbons (Fsp3) is 0.286. The van der Waals surface area contributed by atoms with Gasteiger partial charge in [0.1, 0.15) is 17.4 Å². The van der Waals surface area contributed by atoms with Gasteiger partial charge in [0.05, 0.1) is 18.5 Å². The summed E-state index contributed by atoms with van der Waals surface area (Å²) < 4.78 is 5.27. The van der Waals surface area contributed by atoms with Crippen molar-refractivity contribution >= 4 is 23.6 Å². The maximum atomic E-state index is 12.8. The molecule has 1 aliphatic rings. The van der Waals surface area contributed by atoms with Gasteiger partial charge in [-0.3, -0.25) is 9.78 Å². The molecular weight excluding hydrogens is 368 g/mol. The van der Waals surface area contributed by atoms with Crippen LogP contribution in [-0.2, 0) is 4.79 Å². The van der Waals surface area contributed by atoms with Gasteiger partial charge in [-0.25, -0.2) is 15.0 Å². The van der Waals surface area contributed by atoms with Crippen molar-refractivity contribution in [2.24, 2.45) is 0 Å². The van der Waals surface area contributed by atoms with E-state index in [0.29, 0.717) is 29.8 Å². The molecule has 0 spiro atoms. The fourth-order valence-electron chi connectivity index (χ4n) is 3.40. The summed E-state index contributed by atoms with van der Waals surface area (Å²) in [7, 11) is 0. The number of carbonyl (C=O) groups is 1. The molecule has 4 rings (SSSR count). The van der Waals surface area contributed by atoms with Crippen LogP contribution in [0, 0.1) is 6.92 Å². The number of aryl methyl sites for hydroxylation is 1. The van der Waals surface area contributed by atoms with Crippen LogP contribution in [0.1, 0.15) is 42.6 Å². The van der Waals surface area contributed by atoms with Gasteiger partial charge >= 0.3 is 0 Å². The topological polar surface area (TPSA) is 97.0 Å². The third kappa shape index (κ3) is 4.66. The minimum atomic E-state index is -0.167. The molecule has 8 heteroatoms. The van der Waals surface area contributed by atoms with Crippen LogP contribution in [0.5, 0.6) is 0 Å². The van der Waals surface area contributed by atoms with Crippen LogP contribution in [0.15, 0.2) is 53.5 Å². The number of hydrogen-bond acceptors (Lipinski definition) is 7. The highest BCUT2D eigenvalue weighted by Gasteiger charge is 2.29. The Labute approximate surface area is 168 Å². The number of nitrogens with zero attached hydrogens (tertiary/aromatic N) is 5. The predicted octanol–water partition coefficient (Wildman–Crippen LogP) is 3.68. The number of hydrogen-bond donors (Lipinski definition) is 1. The molecule has 1 fully saturated rings. The van der Waals surface area contributed by atoms with E-state index in [1.54, 1.807) is 43.1 Å². The van der Waals surface area contributed by atoms with Crippen LogP contribution in [0.25, 0.3) is 6.08 Å². The third-order valence-electron chi connectivity index (χ3n) is 4.71. The molecule has 0 unspecified atom stereocenters. The molecule has 4 heterocycles.